The molecule has 0 aromatic carbocycles. The fourth-order valence-corrected chi connectivity index (χ4v) is 1.84. The summed E-state index contributed by atoms with van der Waals surface area (Å²) < 4.78 is 10.2. The SMILES string of the molecule is CCCOCC(O)COC(=O)CCNC(C)CCC(C)NC. The molecule has 132 valence electrons. The third-order valence-corrected chi connectivity index (χ3v) is 3.44. The summed E-state index contributed by atoms with van der Waals surface area (Å²) in [6.07, 6.45) is 2.63. The molecular weight excluding hydrogens is 284 g/mol. The third-order valence-electron chi connectivity index (χ3n) is 3.44. The van der Waals surface area contributed by atoms with Gasteiger partial charge in [0.25, 0.3) is 0 Å². The molecule has 0 aromatic rings. The third kappa shape index (κ3) is 13.0. The molecule has 0 fully saturated rings. The number of aliphatic hydroxyl groups excluding tert-OH is 1. The van der Waals surface area contributed by atoms with Gasteiger partial charge in [-0.25, -0.2) is 0 Å². The second kappa shape index (κ2) is 13.9. The molecule has 0 heterocycles. The monoisotopic (exact) mass is 318 g/mol. The molecule has 3 N–H and O–H groups in total. The summed E-state index contributed by atoms with van der Waals surface area (Å²) in [6.45, 7) is 7.68. The minimum absolute atomic E-state index is 0.00220. The van der Waals surface area contributed by atoms with E-state index in [2.05, 4.69) is 24.5 Å². The lowest BCUT2D eigenvalue weighted by Gasteiger charge is -2.16. The van der Waals surface area contributed by atoms with Crippen LogP contribution in [-0.2, 0) is 14.3 Å². The van der Waals surface area contributed by atoms with Gasteiger partial charge in [-0.05, 0) is 40.2 Å². The molecule has 0 spiro atoms. The van der Waals surface area contributed by atoms with Crippen LogP contribution >= 0.6 is 0 Å². The normalized spacial score (nSPS) is 15.3. The van der Waals surface area contributed by atoms with Gasteiger partial charge in [-0.2, -0.15) is 0 Å². The van der Waals surface area contributed by atoms with E-state index in [4.69, 9.17) is 9.47 Å². The Labute approximate surface area is 134 Å². The van der Waals surface area contributed by atoms with Crippen LogP contribution in [0.15, 0.2) is 0 Å². The van der Waals surface area contributed by atoms with Crippen molar-refractivity contribution in [2.24, 2.45) is 0 Å². The number of carbonyl (C=O) groups excluding carboxylic acids is 1. The largest absolute Gasteiger partial charge is 0.463 e. The molecule has 0 amide bonds. The maximum absolute atomic E-state index is 11.5. The van der Waals surface area contributed by atoms with E-state index < -0.39 is 6.10 Å². The van der Waals surface area contributed by atoms with E-state index in [1.807, 2.05) is 14.0 Å². The summed E-state index contributed by atoms with van der Waals surface area (Å²) in [4.78, 5) is 11.5. The molecule has 3 unspecified atom stereocenters. The summed E-state index contributed by atoms with van der Waals surface area (Å²) in [5.74, 6) is -0.294. The molecule has 0 aliphatic carbocycles. The van der Waals surface area contributed by atoms with Gasteiger partial charge in [-0.1, -0.05) is 6.92 Å². The molecule has 0 saturated heterocycles. The lowest BCUT2D eigenvalue weighted by atomic mass is 10.1. The van der Waals surface area contributed by atoms with E-state index in [1.165, 1.54) is 0 Å². The van der Waals surface area contributed by atoms with E-state index in [-0.39, 0.29) is 19.2 Å². The predicted molar refractivity (Wildman–Crippen MR) is 87.9 cm³/mol. The van der Waals surface area contributed by atoms with E-state index in [1.54, 1.807) is 0 Å². The Morgan fingerprint density at radius 1 is 1.18 bits per heavy atom. The smallest absolute Gasteiger partial charge is 0.307 e. The van der Waals surface area contributed by atoms with Crippen LogP contribution in [0.2, 0.25) is 0 Å². The number of carbonyl (C=O) groups is 1. The zero-order chi connectivity index (χ0) is 16.8. The van der Waals surface area contributed by atoms with Crippen LogP contribution in [0.3, 0.4) is 0 Å². The molecule has 6 nitrogen and oxygen atoms in total. The number of hydrogen-bond donors (Lipinski definition) is 3. The zero-order valence-electron chi connectivity index (χ0n) is 14.6. The van der Waals surface area contributed by atoms with Crippen LogP contribution < -0.4 is 10.6 Å². The summed E-state index contributed by atoms with van der Waals surface area (Å²) in [6, 6.07) is 0.877. The van der Waals surface area contributed by atoms with Crippen LogP contribution in [0.4, 0.5) is 0 Å². The average Bonchev–Trinajstić information content (AvgIpc) is 2.50. The van der Waals surface area contributed by atoms with Gasteiger partial charge >= 0.3 is 5.97 Å². The highest BCUT2D eigenvalue weighted by molar-refractivity contribution is 5.69. The van der Waals surface area contributed by atoms with E-state index in [0.29, 0.717) is 31.7 Å². The second-order valence-corrected chi connectivity index (χ2v) is 5.78. The number of nitrogens with one attached hydrogen (secondary N) is 2. The number of rotatable bonds is 14. The van der Waals surface area contributed by atoms with Crippen molar-refractivity contribution in [1.82, 2.24) is 10.6 Å². The van der Waals surface area contributed by atoms with Gasteiger partial charge in [0.2, 0.25) is 0 Å². The predicted octanol–water partition coefficient (Wildman–Crippen LogP) is 1.07. The quantitative estimate of drug-likeness (QED) is 0.328. The molecule has 0 aliphatic rings. The molecule has 0 rings (SSSR count). The van der Waals surface area contributed by atoms with Gasteiger partial charge in [0.15, 0.2) is 0 Å². The lowest BCUT2D eigenvalue weighted by Crippen LogP contribution is -2.31. The molecule has 0 aliphatic heterocycles. The average molecular weight is 318 g/mol. The second-order valence-electron chi connectivity index (χ2n) is 5.78. The first-order valence-corrected chi connectivity index (χ1v) is 8.31. The van der Waals surface area contributed by atoms with Crippen LogP contribution in [0, 0.1) is 0 Å². The van der Waals surface area contributed by atoms with Gasteiger partial charge in [0.05, 0.1) is 13.0 Å². The standard InChI is InChI=1S/C16H34N2O4/c1-5-10-21-11-15(19)12-22-16(20)8-9-18-14(3)7-6-13(2)17-4/h13-15,17-19H,5-12H2,1-4H3. The van der Waals surface area contributed by atoms with E-state index in [0.717, 1.165) is 19.3 Å². The Kier molecular flexibility index (Phi) is 13.5. The van der Waals surface area contributed by atoms with Crippen molar-refractivity contribution >= 4 is 5.97 Å². The Morgan fingerprint density at radius 2 is 1.86 bits per heavy atom. The number of ether oxygens (including phenoxy) is 2. The highest BCUT2D eigenvalue weighted by Gasteiger charge is 2.10. The summed E-state index contributed by atoms with van der Waals surface area (Å²) in [5, 5.41) is 16.1. The van der Waals surface area contributed by atoms with E-state index in [9.17, 15) is 9.90 Å². The van der Waals surface area contributed by atoms with Crippen molar-refractivity contribution in [1.29, 1.82) is 0 Å². The topological polar surface area (TPSA) is 79.8 Å². The highest BCUT2D eigenvalue weighted by atomic mass is 16.5. The summed E-state index contributed by atoms with van der Waals surface area (Å²) in [5.41, 5.74) is 0. The molecule has 22 heavy (non-hydrogen) atoms. The summed E-state index contributed by atoms with van der Waals surface area (Å²) in [7, 11) is 1.96. The van der Waals surface area contributed by atoms with Crippen molar-refractivity contribution in [2.45, 2.75) is 64.6 Å². The maximum atomic E-state index is 11.5. The minimum Gasteiger partial charge on any atom is -0.463 e. The first kappa shape index (κ1) is 21.3. The molecule has 0 radical (unpaired) electrons. The van der Waals surface area contributed by atoms with Crippen LogP contribution in [0.5, 0.6) is 0 Å². The zero-order valence-corrected chi connectivity index (χ0v) is 14.6. The summed E-state index contributed by atoms with van der Waals surface area (Å²) >= 11 is 0. The van der Waals surface area contributed by atoms with Crippen molar-refractivity contribution < 1.29 is 19.4 Å². The Morgan fingerprint density at radius 3 is 2.50 bits per heavy atom. The molecule has 3 atom stereocenters. The lowest BCUT2D eigenvalue weighted by molar-refractivity contribution is -0.147. The van der Waals surface area contributed by atoms with Crippen molar-refractivity contribution in [3.63, 3.8) is 0 Å². The van der Waals surface area contributed by atoms with Gasteiger partial charge in [-0.15, -0.1) is 0 Å². The number of aliphatic hydroxyl groups is 1. The highest BCUT2D eigenvalue weighted by Crippen LogP contribution is 2.01. The minimum atomic E-state index is -0.745. The van der Waals surface area contributed by atoms with Crippen molar-refractivity contribution in [2.75, 3.05) is 33.4 Å². The number of hydrogen-bond acceptors (Lipinski definition) is 6. The van der Waals surface area contributed by atoms with Gasteiger partial charge in [0.1, 0.15) is 12.7 Å². The van der Waals surface area contributed by atoms with Crippen LogP contribution in [0.1, 0.15) is 46.5 Å². The van der Waals surface area contributed by atoms with Gasteiger partial charge in [-0.3, -0.25) is 4.79 Å². The Balaban J connectivity index is 3.56. The molecule has 0 bridgehead atoms. The fraction of sp³-hybridized carbons (Fsp3) is 0.938. The van der Waals surface area contributed by atoms with Crippen LogP contribution in [0.25, 0.3) is 0 Å². The van der Waals surface area contributed by atoms with Gasteiger partial charge < -0.3 is 25.2 Å². The van der Waals surface area contributed by atoms with Crippen molar-refractivity contribution in [3.8, 4) is 0 Å². The fourth-order valence-electron chi connectivity index (χ4n) is 1.84. The molecular formula is C16H34N2O4. The first-order chi connectivity index (χ1) is 10.5. The molecule has 6 heteroatoms. The molecule has 0 saturated carbocycles. The number of esters is 1. The Hall–Kier alpha value is -0.690. The van der Waals surface area contributed by atoms with E-state index >= 15 is 0 Å². The van der Waals surface area contributed by atoms with Crippen molar-refractivity contribution in [3.05, 3.63) is 0 Å². The maximum Gasteiger partial charge on any atom is 0.307 e. The van der Waals surface area contributed by atoms with Gasteiger partial charge in [0, 0.05) is 25.2 Å². The Bertz CT molecular complexity index is 277. The van der Waals surface area contributed by atoms with Crippen LogP contribution in [-0.4, -0.2) is 62.7 Å². The molecule has 0 aromatic heterocycles. The first-order valence-electron chi connectivity index (χ1n) is 8.31.